The predicted molar refractivity (Wildman–Crippen MR) is 72.6 cm³/mol. The zero-order valence-corrected chi connectivity index (χ0v) is 10.4. The molecular weight excluding hydrogens is 208 g/mol. The number of hydrogen-bond acceptors (Lipinski definition) is 1. The van der Waals surface area contributed by atoms with Gasteiger partial charge in [0.25, 0.3) is 0 Å². The third kappa shape index (κ3) is 2.47. The van der Waals surface area contributed by atoms with Gasteiger partial charge in [-0.1, -0.05) is 38.1 Å². The molecule has 2 nitrogen and oxygen atoms in total. The second-order valence-corrected chi connectivity index (χ2v) is 3.83. The van der Waals surface area contributed by atoms with Crippen LogP contribution in [0.4, 0.5) is 0 Å². The molecule has 1 N–H and O–H groups in total. The molecule has 3 rings (SSSR count). The van der Waals surface area contributed by atoms with Crippen LogP contribution in [0.2, 0.25) is 0 Å². The number of aromatic nitrogens is 2. The Bertz CT molecular complexity index is 495. The summed E-state index contributed by atoms with van der Waals surface area (Å²) in [5.74, 6) is 0. The molecule has 1 aliphatic rings. The Hall–Kier alpha value is -1.83. The monoisotopic (exact) mass is 226 g/mol. The number of hydrogen-bond donors (Lipinski definition) is 1. The molecule has 1 aromatic heterocycles. The molecular formula is C15H18N2. The molecule has 2 aromatic rings. The van der Waals surface area contributed by atoms with Gasteiger partial charge in [-0.05, 0) is 35.6 Å². The van der Waals surface area contributed by atoms with E-state index >= 15 is 0 Å². The zero-order valence-electron chi connectivity index (χ0n) is 10.4. The second kappa shape index (κ2) is 5.48. The summed E-state index contributed by atoms with van der Waals surface area (Å²) in [7, 11) is 0. The zero-order chi connectivity index (χ0) is 12.1. The quantitative estimate of drug-likeness (QED) is 0.784. The van der Waals surface area contributed by atoms with Crippen LogP contribution in [0.15, 0.2) is 36.8 Å². The lowest BCUT2D eigenvalue weighted by molar-refractivity contribution is 1.08. The molecule has 0 fully saturated rings. The molecule has 1 aromatic carbocycles. The number of fused-ring (bicyclic) bond motifs is 1. The topological polar surface area (TPSA) is 28.7 Å². The van der Waals surface area contributed by atoms with Crippen molar-refractivity contribution in [3.05, 3.63) is 53.6 Å². The standard InChI is InChI=1S/C13H12N2.C2H6/c1-2-4-13-10(3-1)5-6-11(13)7-12-8-14-9-15-12;1-2/h1-4,7-9H,5-6H2,(H,14,15);1-2H3/b11-7+;. The molecule has 0 radical (unpaired) electrons. The largest absolute Gasteiger partial charge is 0.345 e. The van der Waals surface area contributed by atoms with E-state index < -0.39 is 0 Å². The van der Waals surface area contributed by atoms with Crippen molar-refractivity contribution >= 4 is 11.6 Å². The first-order chi connectivity index (χ1) is 8.43. The fraction of sp³-hybridized carbons (Fsp3) is 0.267. The van der Waals surface area contributed by atoms with E-state index in [0.29, 0.717) is 0 Å². The van der Waals surface area contributed by atoms with Gasteiger partial charge in [0.15, 0.2) is 0 Å². The van der Waals surface area contributed by atoms with E-state index in [1.165, 1.54) is 16.7 Å². The van der Waals surface area contributed by atoms with Crippen LogP contribution < -0.4 is 0 Å². The minimum atomic E-state index is 1.08. The van der Waals surface area contributed by atoms with Crippen LogP contribution in [-0.4, -0.2) is 9.97 Å². The Morgan fingerprint density at radius 1 is 1.18 bits per heavy atom. The highest BCUT2D eigenvalue weighted by molar-refractivity contribution is 5.84. The van der Waals surface area contributed by atoms with E-state index in [0.717, 1.165) is 18.5 Å². The second-order valence-electron chi connectivity index (χ2n) is 3.83. The molecule has 0 saturated heterocycles. The molecule has 0 amide bonds. The van der Waals surface area contributed by atoms with Gasteiger partial charge >= 0.3 is 0 Å². The van der Waals surface area contributed by atoms with Gasteiger partial charge in [0.1, 0.15) is 0 Å². The van der Waals surface area contributed by atoms with Crippen molar-refractivity contribution in [2.45, 2.75) is 26.7 Å². The molecule has 17 heavy (non-hydrogen) atoms. The first-order valence-corrected chi connectivity index (χ1v) is 6.21. The van der Waals surface area contributed by atoms with Crippen LogP contribution in [-0.2, 0) is 6.42 Å². The number of H-pyrrole nitrogens is 1. The van der Waals surface area contributed by atoms with E-state index in [1.807, 2.05) is 20.0 Å². The van der Waals surface area contributed by atoms with Crippen LogP contribution in [0.3, 0.4) is 0 Å². The van der Waals surface area contributed by atoms with E-state index in [4.69, 9.17) is 0 Å². The molecule has 2 heteroatoms. The number of benzene rings is 1. The molecule has 0 bridgehead atoms. The van der Waals surface area contributed by atoms with Gasteiger partial charge in [0, 0.05) is 0 Å². The summed E-state index contributed by atoms with van der Waals surface area (Å²) in [6.45, 7) is 4.00. The maximum atomic E-state index is 4.02. The first kappa shape index (κ1) is 11.6. The molecule has 0 aliphatic heterocycles. The van der Waals surface area contributed by atoms with Crippen LogP contribution in [0.5, 0.6) is 0 Å². The Kier molecular flexibility index (Phi) is 3.76. The summed E-state index contributed by atoms with van der Waals surface area (Å²) in [5, 5.41) is 0. The van der Waals surface area contributed by atoms with Gasteiger partial charge in [-0.2, -0.15) is 0 Å². The highest BCUT2D eigenvalue weighted by Gasteiger charge is 2.14. The van der Waals surface area contributed by atoms with Crippen molar-refractivity contribution in [2.75, 3.05) is 0 Å². The Morgan fingerprint density at radius 3 is 2.76 bits per heavy atom. The number of rotatable bonds is 1. The number of aromatic amines is 1. The molecule has 1 aliphatic carbocycles. The van der Waals surface area contributed by atoms with E-state index in [9.17, 15) is 0 Å². The van der Waals surface area contributed by atoms with Gasteiger partial charge in [-0.25, -0.2) is 4.98 Å². The fourth-order valence-electron chi connectivity index (χ4n) is 2.14. The van der Waals surface area contributed by atoms with Crippen molar-refractivity contribution < 1.29 is 0 Å². The molecule has 0 saturated carbocycles. The maximum absolute atomic E-state index is 4.02. The fourth-order valence-corrected chi connectivity index (χ4v) is 2.14. The van der Waals surface area contributed by atoms with Crippen LogP contribution >= 0.6 is 0 Å². The summed E-state index contributed by atoms with van der Waals surface area (Å²) in [5.41, 5.74) is 5.35. The normalized spacial score (nSPS) is 15.3. The van der Waals surface area contributed by atoms with Crippen molar-refractivity contribution in [1.29, 1.82) is 0 Å². The maximum Gasteiger partial charge on any atom is 0.0924 e. The van der Waals surface area contributed by atoms with Crippen molar-refractivity contribution in [2.24, 2.45) is 0 Å². The summed E-state index contributed by atoms with van der Waals surface area (Å²) < 4.78 is 0. The number of aryl methyl sites for hydroxylation is 1. The minimum absolute atomic E-state index is 1.08. The first-order valence-electron chi connectivity index (χ1n) is 6.21. The SMILES string of the molecule is C(=C1/CCc2ccccc21)/c1cnc[nH]1.CC. The Morgan fingerprint density at radius 2 is 2.00 bits per heavy atom. The Balaban J connectivity index is 0.000000514. The van der Waals surface area contributed by atoms with Crippen molar-refractivity contribution in [3.63, 3.8) is 0 Å². The van der Waals surface area contributed by atoms with Crippen LogP contribution in [0, 0.1) is 0 Å². The smallest absolute Gasteiger partial charge is 0.0924 e. The molecule has 0 atom stereocenters. The highest BCUT2D eigenvalue weighted by Crippen LogP contribution is 2.32. The van der Waals surface area contributed by atoms with Crippen LogP contribution in [0.25, 0.3) is 11.6 Å². The van der Waals surface area contributed by atoms with Gasteiger partial charge in [-0.3, -0.25) is 0 Å². The van der Waals surface area contributed by atoms with Crippen molar-refractivity contribution in [3.8, 4) is 0 Å². The lowest BCUT2D eigenvalue weighted by Crippen LogP contribution is -1.79. The molecule has 88 valence electrons. The molecule has 0 unspecified atom stereocenters. The van der Waals surface area contributed by atoms with Crippen molar-refractivity contribution in [1.82, 2.24) is 9.97 Å². The summed E-state index contributed by atoms with van der Waals surface area (Å²) in [4.78, 5) is 7.13. The average Bonchev–Trinajstić information content (AvgIpc) is 3.03. The summed E-state index contributed by atoms with van der Waals surface area (Å²) >= 11 is 0. The third-order valence-electron chi connectivity index (χ3n) is 2.88. The lowest BCUT2D eigenvalue weighted by Gasteiger charge is -1.99. The Labute approximate surface area is 102 Å². The van der Waals surface area contributed by atoms with Gasteiger partial charge in [0.2, 0.25) is 0 Å². The lowest BCUT2D eigenvalue weighted by atomic mass is 10.1. The van der Waals surface area contributed by atoms with E-state index in [-0.39, 0.29) is 0 Å². The highest BCUT2D eigenvalue weighted by atomic mass is 14.8. The molecule has 1 heterocycles. The van der Waals surface area contributed by atoms with Gasteiger partial charge in [-0.15, -0.1) is 0 Å². The number of nitrogens with one attached hydrogen (secondary N) is 1. The number of imidazole rings is 1. The molecule has 0 spiro atoms. The van der Waals surface area contributed by atoms with E-state index in [2.05, 4.69) is 40.3 Å². The summed E-state index contributed by atoms with van der Waals surface area (Å²) in [6.07, 6.45) is 8.06. The van der Waals surface area contributed by atoms with Crippen LogP contribution in [0.1, 0.15) is 37.1 Å². The predicted octanol–water partition coefficient (Wildman–Crippen LogP) is 3.92. The van der Waals surface area contributed by atoms with Gasteiger partial charge < -0.3 is 4.98 Å². The van der Waals surface area contributed by atoms with E-state index in [1.54, 1.807) is 6.33 Å². The summed E-state index contributed by atoms with van der Waals surface area (Å²) in [6, 6.07) is 8.62. The average molecular weight is 226 g/mol. The minimum Gasteiger partial charge on any atom is -0.345 e. The van der Waals surface area contributed by atoms with Gasteiger partial charge in [0.05, 0.1) is 18.2 Å². The number of nitrogens with zero attached hydrogens (tertiary/aromatic N) is 1. The number of allylic oxidation sites excluding steroid dienone is 1. The third-order valence-corrected chi connectivity index (χ3v) is 2.88.